The van der Waals surface area contributed by atoms with Gasteiger partial charge in [0.25, 0.3) is 0 Å². The summed E-state index contributed by atoms with van der Waals surface area (Å²) in [6.07, 6.45) is 2.15. The highest BCUT2D eigenvalue weighted by atomic mass is 19.1. The fourth-order valence-corrected chi connectivity index (χ4v) is 2.97. The molecule has 0 spiro atoms. The van der Waals surface area contributed by atoms with E-state index in [-0.39, 0.29) is 12.4 Å². The molecule has 0 unspecified atom stereocenters. The van der Waals surface area contributed by atoms with Crippen molar-refractivity contribution in [3.8, 4) is 5.75 Å². The second kappa shape index (κ2) is 6.88. The molecule has 1 aliphatic heterocycles. The molecule has 0 saturated carbocycles. The molecule has 2 aromatic rings. The van der Waals surface area contributed by atoms with E-state index < -0.39 is 11.6 Å². The van der Waals surface area contributed by atoms with Crippen LogP contribution in [0.15, 0.2) is 42.5 Å². The highest BCUT2D eigenvalue weighted by Gasteiger charge is 2.18. The summed E-state index contributed by atoms with van der Waals surface area (Å²) in [4.78, 5) is 0. The number of hydrogen-bond donors (Lipinski definition) is 1. The third-order valence-corrected chi connectivity index (χ3v) is 4.13. The van der Waals surface area contributed by atoms with Crippen LogP contribution in [0.1, 0.15) is 29.9 Å². The molecule has 2 nitrogen and oxygen atoms in total. The van der Waals surface area contributed by atoms with Crippen LogP contribution in [0.4, 0.5) is 8.78 Å². The van der Waals surface area contributed by atoms with E-state index in [0.717, 1.165) is 31.5 Å². The number of hydrogen-bond acceptors (Lipinski definition) is 2. The molecule has 1 fully saturated rings. The summed E-state index contributed by atoms with van der Waals surface area (Å²) in [7, 11) is 0. The quantitative estimate of drug-likeness (QED) is 0.921. The average Bonchev–Trinajstić information content (AvgIpc) is 2.56. The van der Waals surface area contributed by atoms with Crippen molar-refractivity contribution >= 4 is 0 Å². The van der Waals surface area contributed by atoms with Crippen LogP contribution >= 0.6 is 0 Å². The van der Waals surface area contributed by atoms with E-state index in [4.69, 9.17) is 4.74 Å². The zero-order valence-corrected chi connectivity index (χ0v) is 12.3. The topological polar surface area (TPSA) is 21.3 Å². The van der Waals surface area contributed by atoms with Crippen molar-refractivity contribution in [3.63, 3.8) is 0 Å². The molecular formula is C18H19F2NO. The van der Waals surface area contributed by atoms with Gasteiger partial charge in [0.15, 0.2) is 17.4 Å². The van der Waals surface area contributed by atoms with E-state index in [1.807, 2.05) is 18.2 Å². The summed E-state index contributed by atoms with van der Waals surface area (Å²) in [5, 5.41) is 3.35. The van der Waals surface area contributed by atoms with Gasteiger partial charge in [-0.05, 0) is 55.1 Å². The molecule has 1 aliphatic rings. The van der Waals surface area contributed by atoms with Crippen LogP contribution in [0.2, 0.25) is 0 Å². The smallest absolute Gasteiger partial charge is 0.191 e. The molecule has 0 aliphatic carbocycles. The summed E-state index contributed by atoms with van der Waals surface area (Å²) in [6.45, 7) is 2.18. The van der Waals surface area contributed by atoms with Crippen LogP contribution in [-0.2, 0) is 6.61 Å². The minimum atomic E-state index is -0.667. The summed E-state index contributed by atoms with van der Waals surface area (Å²) in [6, 6.07) is 11.7. The van der Waals surface area contributed by atoms with E-state index >= 15 is 0 Å². The number of piperidine rings is 1. The molecule has 22 heavy (non-hydrogen) atoms. The fourth-order valence-electron chi connectivity index (χ4n) is 2.97. The molecular weight excluding hydrogens is 284 g/mol. The third-order valence-electron chi connectivity index (χ3n) is 4.13. The maximum Gasteiger partial charge on any atom is 0.191 e. The maximum atomic E-state index is 13.6. The molecule has 0 atom stereocenters. The molecule has 3 rings (SSSR count). The Morgan fingerprint density at radius 3 is 2.36 bits per heavy atom. The Morgan fingerprint density at radius 2 is 1.64 bits per heavy atom. The van der Waals surface area contributed by atoms with Crippen molar-refractivity contribution in [1.82, 2.24) is 5.32 Å². The summed E-state index contributed by atoms with van der Waals surface area (Å²) in [5.41, 5.74) is 2.22. The minimum Gasteiger partial charge on any atom is -0.483 e. The second-order valence-corrected chi connectivity index (χ2v) is 5.56. The van der Waals surface area contributed by atoms with E-state index in [1.165, 1.54) is 23.8 Å². The lowest BCUT2D eigenvalue weighted by molar-refractivity contribution is 0.272. The van der Waals surface area contributed by atoms with E-state index in [9.17, 15) is 8.78 Å². The molecule has 0 amide bonds. The normalized spacial score (nSPS) is 15.7. The molecule has 116 valence electrons. The van der Waals surface area contributed by atoms with E-state index in [0.29, 0.717) is 5.92 Å². The number of ether oxygens (including phenoxy) is 1. The molecule has 2 aromatic carbocycles. The molecule has 0 aromatic heterocycles. The highest BCUT2D eigenvalue weighted by molar-refractivity contribution is 5.32. The Labute approximate surface area is 129 Å². The lowest BCUT2D eigenvalue weighted by Gasteiger charge is -2.25. The van der Waals surface area contributed by atoms with Crippen LogP contribution < -0.4 is 10.1 Å². The largest absolute Gasteiger partial charge is 0.483 e. The molecule has 1 heterocycles. The first kappa shape index (κ1) is 15.0. The summed E-state index contributed by atoms with van der Waals surface area (Å²) < 4.78 is 32.7. The first-order chi connectivity index (χ1) is 10.8. The third kappa shape index (κ3) is 3.28. The predicted octanol–water partition coefficient (Wildman–Crippen LogP) is 4.01. The molecule has 4 heteroatoms. The first-order valence-corrected chi connectivity index (χ1v) is 7.61. The summed E-state index contributed by atoms with van der Waals surface area (Å²) >= 11 is 0. The van der Waals surface area contributed by atoms with Gasteiger partial charge in [-0.1, -0.05) is 30.3 Å². The highest BCUT2D eigenvalue weighted by Crippen LogP contribution is 2.29. The van der Waals surface area contributed by atoms with Crippen molar-refractivity contribution in [2.24, 2.45) is 0 Å². The zero-order chi connectivity index (χ0) is 15.4. The minimum absolute atomic E-state index is 0.179. The lowest BCUT2D eigenvalue weighted by Crippen LogP contribution is -2.27. The Bertz CT molecular complexity index is 618. The molecule has 1 N–H and O–H groups in total. The van der Waals surface area contributed by atoms with E-state index in [2.05, 4.69) is 11.4 Å². The zero-order valence-electron chi connectivity index (χ0n) is 12.3. The predicted molar refractivity (Wildman–Crippen MR) is 82.0 cm³/mol. The van der Waals surface area contributed by atoms with Crippen molar-refractivity contribution in [3.05, 3.63) is 65.2 Å². The van der Waals surface area contributed by atoms with Crippen molar-refractivity contribution in [1.29, 1.82) is 0 Å². The maximum absolute atomic E-state index is 13.6. The monoisotopic (exact) mass is 303 g/mol. The van der Waals surface area contributed by atoms with Gasteiger partial charge in [0.05, 0.1) is 0 Å². The fraction of sp³-hybridized carbons (Fsp3) is 0.333. The molecule has 1 saturated heterocycles. The Morgan fingerprint density at radius 1 is 0.955 bits per heavy atom. The SMILES string of the molecule is Fc1cccc(F)c1OCc1ccccc1C1CCNCC1. The van der Waals surface area contributed by atoms with Gasteiger partial charge in [0.1, 0.15) is 6.61 Å². The van der Waals surface area contributed by atoms with Gasteiger partial charge >= 0.3 is 0 Å². The van der Waals surface area contributed by atoms with Gasteiger partial charge < -0.3 is 10.1 Å². The number of rotatable bonds is 4. The van der Waals surface area contributed by atoms with Gasteiger partial charge in [0.2, 0.25) is 0 Å². The van der Waals surface area contributed by atoms with Crippen LogP contribution in [0.25, 0.3) is 0 Å². The van der Waals surface area contributed by atoms with Crippen LogP contribution in [0.5, 0.6) is 5.75 Å². The van der Waals surface area contributed by atoms with Gasteiger partial charge in [-0.25, -0.2) is 8.78 Å². The van der Waals surface area contributed by atoms with Gasteiger partial charge in [-0.3, -0.25) is 0 Å². The lowest BCUT2D eigenvalue weighted by atomic mass is 9.87. The molecule has 0 bridgehead atoms. The number of para-hydroxylation sites is 1. The van der Waals surface area contributed by atoms with E-state index in [1.54, 1.807) is 0 Å². The average molecular weight is 303 g/mol. The summed E-state index contributed by atoms with van der Waals surface area (Å²) in [5.74, 6) is -1.16. The van der Waals surface area contributed by atoms with Gasteiger partial charge in [-0.2, -0.15) is 0 Å². The van der Waals surface area contributed by atoms with Crippen LogP contribution in [0.3, 0.4) is 0 Å². The Hall–Kier alpha value is -1.94. The Kier molecular flexibility index (Phi) is 4.68. The second-order valence-electron chi connectivity index (χ2n) is 5.56. The standard InChI is InChI=1S/C18H19F2NO/c19-16-6-3-7-17(20)18(16)22-12-14-4-1-2-5-15(14)13-8-10-21-11-9-13/h1-7,13,21H,8-12H2. The Balaban J connectivity index is 1.78. The number of benzene rings is 2. The first-order valence-electron chi connectivity index (χ1n) is 7.61. The van der Waals surface area contributed by atoms with Gasteiger partial charge in [0, 0.05) is 0 Å². The van der Waals surface area contributed by atoms with Crippen molar-refractivity contribution in [2.75, 3.05) is 13.1 Å². The van der Waals surface area contributed by atoms with Gasteiger partial charge in [-0.15, -0.1) is 0 Å². The number of nitrogens with one attached hydrogen (secondary N) is 1. The van der Waals surface area contributed by atoms with Crippen LogP contribution in [0, 0.1) is 11.6 Å². The molecule has 0 radical (unpaired) electrons. The van der Waals surface area contributed by atoms with Crippen molar-refractivity contribution < 1.29 is 13.5 Å². The van der Waals surface area contributed by atoms with Crippen LogP contribution in [-0.4, -0.2) is 13.1 Å². The van der Waals surface area contributed by atoms with Crippen molar-refractivity contribution in [2.45, 2.75) is 25.4 Å². The number of halogens is 2.